The van der Waals surface area contributed by atoms with Crippen LogP contribution >= 0.6 is 0 Å². The van der Waals surface area contributed by atoms with Crippen LogP contribution in [0.3, 0.4) is 0 Å². The molecule has 32 heavy (non-hydrogen) atoms. The first-order chi connectivity index (χ1) is 15.3. The molecule has 1 unspecified atom stereocenters. The number of benzene rings is 2. The number of hydrogen-bond donors (Lipinski definition) is 1. The van der Waals surface area contributed by atoms with Crippen molar-refractivity contribution in [3.8, 4) is 5.69 Å². The van der Waals surface area contributed by atoms with Gasteiger partial charge in [-0.15, -0.1) is 0 Å². The number of amides is 1. The zero-order valence-electron chi connectivity index (χ0n) is 18.4. The minimum atomic E-state index is -0.631. The summed E-state index contributed by atoms with van der Waals surface area (Å²) < 4.78 is 7.35. The average molecular weight is 428 g/mol. The lowest BCUT2D eigenvalue weighted by atomic mass is 9.73. The van der Waals surface area contributed by atoms with Crippen LogP contribution in [0.15, 0.2) is 69.9 Å². The van der Waals surface area contributed by atoms with Gasteiger partial charge >= 0.3 is 5.63 Å². The van der Waals surface area contributed by atoms with Crippen molar-refractivity contribution < 1.29 is 9.21 Å². The van der Waals surface area contributed by atoms with E-state index < -0.39 is 11.5 Å². The van der Waals surface area contributed by atoms with Crippen LogP contribution in [0.5, 0.6) is 0 Å². The van der Waals surface area contributed by atoms with Crippen molar-refractivity contribution in [1.29, 1.82) is 0 Å². The first-order valence-electron chi connectivity index (χ1n) is 10.8. The highest BCUT2D eigenvalue weighted by molar-refractivity contribution is 5.96. The van der Waals surface area contributed by atoms with E-state index in [1.165, 1.54) is 0 Å². The molecule has 0 spiro atoms. The van der Waals surface area contributed by atoms with Crippen LogP contribution in [-0.2, 0) is 6.42 Å². The third-order valence-corrected chi connectivity index (χ3v) is 6.15. The second-order valence-electron chi connectivity index (χ2n) is 9.25. The predicted octanol–water partition coefficient (Wildman–Crippen LogP) is 4.73. The van der Waals surface area contributed by atoms with Crippen LogP contribution < -0.4 is 10.9 Å². The van der Waals surface area contributed by atoms with Gasteiger partial charge in [0.25, 0.3) is 5.91 Å². The topological polar surface area (TPSA) is 77.1 Å². The highest BCUT2D eigenvalue weighted by Crippen LogP contribution is 2.42. The molecule has 1 N–H and O–H groups in total. The Morgan fingerprint density at radius 1 is 1.12 bits per heavy atom. The Morgan fingerprint density at radius 3 is 2.62 bits per heavy atom. The van der Waals surface area contributed by atoms with Crippen LogP contribution in [0.25, 0.3) is 16.7 Å². The molecule has 2 aromatic carbocycles. The van der Waals surface area contributed by atoms with E-state index in [4.69, 9.17) is 9.52 Å². The summed E-state index contributed by atoms with van der Waals surface area (Å²) in [7, 11) is 0. The highest BCUT2D eigenvalue weighted by Gasteiger charge is 2.38. The molecule has 0 fully saturated rings. The first kappa shape index (κ1) is 20.2. The minimum Gasteiger partial charge on any atom is -0.422 e. The summed E-state index contributed by atoms with van der Waals surface area (Å²) in [5.74, 6) is -0.426. The Kier molecular flexibility index (Phi) is 4.73. The molecule has 1 amide bonds. The van der Waals surface area contributed by atoms with Gasteiger partial charge in [0.15, 0.2) is 0 Å². The number of fused-ring (bicyclic) bond motifs is 2. The standard InChI is InChI=1S/C26H25N3O3/c1-16-23-20(27-24(30)19-13-17-9-7-8-12-22(17)32-25(19)31)14-26(2,3)15-21(23)29(28-16)18-10-5-4-6-11-18/h4-13,20H,14-15H2,1-3H3,(H,27,30). The molecule has 0 saturated heterocycles. The number of nitrogens with zero attached hydrogens (tertiary/aromatic N) is 2. The van der Waals surface area contributed by atoms with Crippen LogP contribution in [0.4, 0.5) is 0 Å². The lowest BCUT2D eigenvalue weighted by Gasteiger charge is -2.36. The SMILES string of the molecule is Cc1nn(-c2ccccc2)c2c1C(NC(=O)c1cc3ccccc3oc1=O)CC(C)(C)C2. The van der Waals surface area contributed by atoms with Gasteiger partial charge in [-0.1, -0.05) is 50.2 Å². The van der Waals surface area contributed by atoms with Crippen molar-refractivity contribution in [2.75, 3.05) is 0 Å². The maximum atomic E-state index is 13.2. The van der Waals surface area contributed by atoms with Gasteiger partial charge < -0.3 is 9.73 Å². The van der Waals surface area contributed by atoms with Crippen LogP contribution in [-0.4, -0.2) is 15.7 Å². The Morgan fingerprint density at radius 2 is 1.84 bits per heavy atom. The summed E-state index contributed by atoms with van der Waals surface area (Å²) in [4.78, 5) is 25.7. The summed E-state index contributed by atoms with van der Waals surface area (Å²) in [6.07, 6.45) is 1.61. The van der Waals surface area contributed by atoms with E-state index >= 15 is 0 Å². The molecule has 1 aliphatic rings. The highest BCUT2D eigenvalue weighted by atomic mass is 16.4. The Hall–Kier alpha value is -3.67. The van der Waals surface area contributed by atoms with E-state index in [0.29, 0.717) is 5.58 Å². The summed E-state index contributed by atoms with van der Waals surface area (Å²) in [5, 5.41) is 8.63. The van der Waals surface area contributed by atoms with E-state index in [2.05, 4.69) is 19.2 Å². The number of carbonyl (C=O) groups excluding carboxylic acids is 1. The van der Waals surface area contributed by atoms with Gasteiger partial charge in [0.1, 0.15) is 11.1 Å². The van der Waals surface area contributed by atoms with Crippen molar-refractivity contribution in [3.63, 3.8) is 0 Å². The molecular formula is C26H25N3O3. The molecule has 2 aromatic heterocycles. The zero-order chi connectivity index (χ0) is 22.5. The van der Waals surface area contributed by atoms with E-state index in [1.54, 1.807) is 18.2 Å². The van der Waals surface area contributed by atoms with Gasteiger partial charge in [0.2, 0.25) is 0 Å². The lowest BCUT2D eigenvalue weighted by Crippen LogP contribution is -2.38. The number of rotatable bonds is 3. The number of para-hydroxylation sites is 2. The Labute approximate surface area is 185 Å². The molecule has 1 atom stereocenters. The number of nitrogens with one attached hydrogen (secondary N) is 1. The van der Waals surface area contributed by atoms with Gasteiger partial charge in [-0.2, -0.15) is 5.10 Å². The van der Waals surface area contributed by atoms with Gasteiger partial charge in [-0.05, 0) is 49.4 Å². The third-order valence-electron chi connectivity index (χ3n) is 6.15. The van der Waals surface area contributed by atoms with Crippen molar-refractivity contribution in [2.45, 2.75) is 39.7 Å². The van der Waals surface area contributed by atoms with E-state index in [-0.39, 0.29) is 17.0 Å². The first-order valence-corrected chi connectivity index (χ1v) is 10.8. The molecule has 1 aliphatic carbocycles. The molecule has 2 heterocycles. The molecule has 0 saturated carbocycles. The summed E-state index contributed by atoms with van der Waals surface area (Å²) in [5.41, 5.74) is 3.82. The van der Waals surface area contributed by atoms with Crippen molar-refractivity contribution >= 4 is 16.9 Å². The molecule has 6 heteroatoms. The van der Waals surface area contributed by atoms with Crippen LogP contribution in [0, 0.1) is 12.3 Å². The molecule has 4 aromatic rings. The fraction of sp³-hybridized carbons (Fsp3) is 0.269. The normalized spacial score (nSPS) is 17.2. The van der Waals surface area contributed by atoms with Gasteiger partial charge in [-0.3, -0.25) is 4.79 Å². The largest absolute Gasteiger partial charge is 0.422 e. The summed E-state index contributed by atoms with van der Waals surface area (Å²) >= 11 is 0. The number of carbonyl (C=O) groups is 1. The number of aromatic nitrogens is 2. The predicted molar refractivity (Wildman–Crippen MR) is 123 cm³/mol. The van der Waals surface area contributed by atoms with E-state index in [0.717, 1.165) is 40.9 Å². The molecule has 0 bridgehead atoms. The number of aryl methyl sites for hydroxylation is 1. The van der Waals surface area contributed by atoms with Crippen molar-refractivity contribution in [3.05, 3.63) is 93.6 Å². The maximum absolute atomic E-state index is 13.2. The average Bonchev–Trinajstić information content (AvgIpc) is 3.08. The molecule has 0 aliphatic heterocycles. The minimum absolute atomic E-state index is 0.0155. The fourth-order valence-corrected chi connectivity index (χ4v) is 4.75. The monoisotopic (exact) mass is 427 g/mol. The smallest absolute Gasteiger partial charge is 0.349 e. The number of hydrogen-bond acceptors (Lipinski definition) is 4. The zero-order valence-corrected chi connectivity index (χ0v) is 18.4. The van der Waals surface area contributed by atoms with Gasteiger partial charge in [0, 0.05) is 10.9 Å². The van der Waals surface area contributed by atoms with Crippen LogP contribution in [0.1, 0.15) is 53.6 Å². The molecule has 6 nitrogen and oxygen atoms in total. The molecule has 162 valence electrons. The molecule has 5 rings (SSSR count). The Bertz CT molecular complexity index is 1380. The Balaban J connectivity index is 1.54. The quantitative estimate of drug-likeness (QED) is 0.480. The molecule has 0 radical (unpaired) electrons. The van der Waals surface area contributed by atoms with E-state index in [9.17, 15) is 9.59 Å². The van der Waals surface area contributed by atoms with E-state index in [1.807, 2.05) is 54.1 Å². The second-order valence-corrected chi connectivity index (χ2v) is 9.25. The maximum Gasteiger partial charge on any atom is 0.349 e. The fourth-order valence-electron chi connectivity index (χ4n) is 4.75. The lowest BCUT2D eigenvalue weighted by molar-refractivity contribution is 0.0915. The second kappa shape index (κ2) is 7.48. The van der Waals surface area contributed by atoms with Crippen molar-refractivity contribution in [1.82, 2.24) is 15.1 Å². The third kappa shape index (κ3) is 3.51. The summed E-state index contributed by atoms with van der Waals surface area (Å²) in [6, 6.07) is 18.6. The van der Waals surface area contributed by atoms with Gasteiger partial charge in [0.05, 0.1) is 23.1 Å². The summed E-state index contributed by atoms with van der Waals surface area (Å²) in [6.45, 7) is 6.36. The molecular weight excluding hydrogens is 402 g/mol. The van der Waals surface area contributed by atoms with Crippen molar-refractivity contribution in [2.24, 2.45) is 5.41 Å². The van der Waals surface area contributed by atoms with Crippen LogP contribution in [0.2, 0.25) is 0 Å². The van der Waals surface area contributed by atoms with Gasteiger partial charge in [-0.25, -0.2) is 9.48 Å².